The van der Waals surface area contributed by atoms with Gasteiger partial charge in [-0.2, -0.15) is 5.10 Å². The van der Waals surface area contributed by atoms with Gasteiger partial charge in [-0.25, -0.2) is 5.01 Å². The van der Waals surface area contributed by atoms with Crippen molar-refractivity contribution in [1.82, 2.24) is 5.01 Å². The molecule has 5 rings (SSSR count). The number of rotatable bonds is 2. The second kappa shape index (κ2) is 7.80. The van der Waals surface area contributed by atoms with Crippen LogP contribution in [0.25, 0.3) is 0 Å². The number of hydrogen-bond acceptors (Lipinski definition) is 2. The molecule has 1 atom stereocenters. The molecule has 0 aliphatic carbocycles. The second-order valence-electron chi connectivity index (χ2n) is 7.55. The van der Waals surface area contributed by atoms with Crippen LogP contribution >= 0.6 is 12.2 Å². The topological polar surface area (TPSA) is 18.8 Å². The van der Waals surface area contributed by atoms with E-state index in [4.69, 9.17) is 17.3 Å². The molecule has 4 heteroatoms. The first-order valence-electron chi connectivity index (χ1n) is 10.2. The molecule has 0 radical (unpaired) electrons. The zero-order valence-electron chi connectivity index (χ0n) is 16.2. The van der Waals surface area contributed by atoms with Crippen LogP contribution in [0.4, 0.5) is 5.69 Å². The molecular weight excluding hydrogens is 374 g/mol. The van der Waals surface area contributed by atoms with Gasteiger partial charge in [-0.15, -0.1) is 0 Å². The third kappa shape index (κ3) is 3.45. The number of hydrogen-bond donors (Lipinski definition) is 0. The Morgan fingerprint density at radius 3 is 2.34 bits per heavy atom. The molecule has 0 fully saturated rings. The normalized spacial score (nSPS) is 18.3. The highest BCUT2D eigenvalue weighted by atomic mass is 32.1. The number of thiocarbonyl (C=S) groups is 1. The minimum absolute atomic E-state index is 0.119. The van der Waals surface area contributed by atoms with Gasteiger partial charge in [0, 0.05) is 18.7 Å². The molecule has 2 aliphatic rings. The summed E-state index contributed by atoms with van der Waals surface area (Å²) >= 11 is 6.03. The number of benzene rings is 3. The lowest BCUT2D eigenvalue weighted by Crippen LogP contribution is -2.43. The molecule has 0 N–H and O–H groups in total. The molecule has 0 bridgehead atoms. The molecule has 0 spiro atoms. The average Bonchev–Trinajstić information content (AvgIpc) is 3.25. The molecule has 3 nitrogen and oxygen atoms in total. The van der Waals surface area contributed by atoms with Crippen molar-refractivity contribution in [3.8, 4) is 0 Å². The van der Waals surface area contributed by atoms with Crippen LogP contribution in [-0.2, 0) is 6.42 Å². The van der Waals surface area contributed by atoms with Crippen LogP contribution in [0.1, 0.15) is 35.6 Å². The summed E-state index contributed by atoms with van der Waals surface area (Å²) in [5.74, 6) is 0. The van der Waals surface area contributed by atoms with Gasteiger partial charge in [0.05, 0.1) is 11.8 Å². The molecule has 2 aliphatic heterocycles. The van der Waals surface area contributed by atoms with Crippen LogP contribution < -0.4 is 4.90 Å². The number of aryl methyl sites for hydroxylation is 1. The van der Waals surface area contributed by atoms with E-state index in [-0.39, 0.29) is 6.04 Å². The Morgan fingerprint density at radius 2 is 1.55 bits per heavy atom. The molecule has 3 aromatic carbocycles. The van der Waals surface area contributed by atoms with E-state index in [2.05, 4.69) is 88.8 Å². The van der Waals surface area contributed by atoms with Crippen molar-refractivity contribution in [2.45, 2.75) is 25.3 Å². The maximum Gasteiger partial charge on any atom is 0.197 e. The largest absolute Gasteiger partial charge is 0.317 e. The molecule has 0 saturated carbocycles. The molecule has 29 heavy (non-hydrogen) atoms. The lowest BCUT2D eigenvalue weighted by Gasteiger charge is -2.36. The highest BCUT2D eigenvalue weighted by molar-refractivity contribution is 7.80. The van der Waals surface area contributed by atoms with Crippen molar-refractivity contribution >= 4 is 28.7 Å². The fourth-order valence-electron chi connectivity index (χ4n) is 4.28. The SMILES string of the molecule is S=C(N1CCCc2ccccc21)N1N=C(c2ccccc2)CC1c1ccccc1. The summed E-state index contributed by atoms with van der Waals surface area (Å²) < 4.78 is 0. The van der Waals surface area contributed by atoms with Gasteiger partial charge >= 0.3 is 0 Å². The lowest BCUT2D eigenvalue weighted by atomic mass is 9.98. The maximum absolute atomic E-state index is 6.03. The first-order chi connectivity index (χ1) is 14.3. The summed E-state index contributed by atoms with van der Waals surface area (Å²) in [6.45, 7) is 0.935. The summed E-state index contributed by atoms with van der Waals surface area (Å²) in [4.78, 5) is 2.27. The van der Waals surface area contributed by atoms with E-state index in [1.54, 1.807) is 0 Å². The van der Waals surface area contributed by atoms with E-state index < -0.39 is 0 Å². The standard InChI is InChI=1S/C25H23N3S/c29-25(27-17-9-15-20-14-7-8-16-23(20)27)28-24(21-12-5-2-6-13-21)18-22(26-28)19-10-3-1-4-11-19/h1-8,10-14,16,24H,9,15,17-18H2. The number of para-hydroxylation sites is 1. The zero-order chi connectivity index (χ0) is 19.6. The average molecular weight is 398 g/mol. The van der Waals surface area contributed by atoms with E-state index >= 15 is 0 Å². The Bertz CT molecular complexity index is 1050. The van der Waals surface area contributed by atoms with Gasteiger partial charge in [0.2, 0.25) is 0 Å². The van der Waals surface area contributed by atoms with Crippen LogP contribution in [0.15, 0.2) is 90.0 Å². The van der Waals surface area contributed by atoms with E-state index in [1.807, 2.05) is 6.07 Å². The Kier molecular flexibility index (Phi) is 4.86. The van der Waals surface area contributed by atoms with Gasteiger partial charge in [0.1, 0.15) is 0 Å². The van der Waals surface area contributed by atoms with Crippen LogP contribution in [0.5, 0.6) is 0 Å². The highest BCUT2D eigenvalue weighted by Gasteiger charge is 2.34. The fourth-order valence-corrected chi connectivity index (χ4v) is 4.64. The summed E-state index contributed by atoms with van der Waals surface area (Å²) in [6.07, 6.45) is 3.07. The minimum atomic E-state index is 0.119. The minimum Gasteiger partial charge on any atom is -0.317 e. The number of fused-ring (bicyclic) bond motifs is 1. The van der Waals surface area contributed by atoms with Crippen molar-refractivity contribution < 1.29 is 0 Å². The fraction of sp³-hybridized carbons (Fsp3) is 0.200. The molecule has 0 aromatic heterocycles. The quantitative estimate of drug-likeness (QED) is 0.527. The number of anilines is 1. The maximum atomic E-state index is 6.03. The summed E-state index contributed by atoms with van der Waals surface area (Å²) in [6, 6.07) is 29.7. The van der Waals surface area contributed by atoms with E-state index in [0.717, 1.165) is 42.2 Å². The van der Waals surface area contributed by atoms with Crippen molar-refractivity contribution in [1.29, 1.82) is 0 Å². The van der Waals surface area contributed by atoms with Gasteiger partial charge in [0.15, 0.2) is 5.11 Å². The van der Waals surface area contributed by atoms with Gasteiger partial charge in [0.25, 0.3) is 0 Å². The van der Waals surface area contributed by atoms with Crippen molar-refractivity contribution in [2.75, 3.05) is 11.4 Å². The second-order valence-corrected chi connectivity index (χ2v) is 7.92. The predicted molar refractivity (Wildman–Crippen MR) is 123 cm³/mol. The Hall–Kier alpha value is -2.98. The van der Waals surface area contributed by atoms with Crippen molar-refractivity contribution in [2.24, 2.45) is 5.10 Å². The van der Waals surface area contributed by atoms with Crippen LogP contribution in [0, 0.1) is 0 Å². The number of hydrazone groups is 1. The molecule has 2 heterocycles. The molecule has 1 unspecified atom stereocenters. The summed E-state index contributed by atoms with van der Waals surface area (Å²) in [5.41, 5.74) is 6.09. The molecular formula is C25H23N3S. The summed E-state index contributed by atoms with van der Waals surface area (Å²) in [7, 11) is 0. The molecule has 3 aromatic rings. The number of nitrogens with zero attached hydrogens (tertiary/aromatic N) is 3. The van der Waals surface area contributed by atoms with E-state index in [1.165, 1.54) is 16.8 Å². The van der Waals surface area contributed by atoms with Crippen LogP contribution in [0.2, 0.25) is 0 Å². The van der Waals surface area contributed by atoms with Gasteiger partial charge in [-0.05, 0) is 47.8 Å². The first kappa shape index (κ1) is 18.1. The Labute approximate surface area is 177 Å². The van der Waals surface area contributed by atoms with Gasteiger partial charge in [-0.1, -0.05) is 78.9 Å². The summed E-state index contributed by atoms with van der Waals surface area (Å²) in [5, 5.41) is 7.88. The van der Waals surface area contributed by atoms with Crippen LogP contribution in [0.3, 0.4) is 0 Å². The highest BCUT2D eigenvalue weighted by Crippen LogP contribution is 2.36. The van der Waals surface area contributed by atoms with Crippen molar-refractivity contribution in [3.63, 3.8) is 0 Å². The molecule has 0 amide bonds. The van der Waals surface area contributed by atoms with Crippen molar-refractivity contribution in [3.05, 3.63) is 102 Å². The predicted octanol–water partition coefficient (Wildman–Crippen LogP) is 5.58. The van der Waals surface area contributed by atoms with Gasteiger partial charge in [-0.3, -0.25) is 0 Å². The molecule has 0 saturated heterocycles. The van der Waals surface area contributed by atoms with Crippen LogP contribution in [-0.4, -0.2) is 22.4 Å². The molecule has 144 valence electrons. The Balaban J connectivity index is 1.53. The van der Waals surface area contributed by atoms with E-state index in [9.17, 15) is 0 Å². The zero-order valence-corrected chi connectivity index (χ0v) is 17.1. The lowest BCUT2D eigenvalue weighted by molar-refractivity contribution is 0.369. The Morgan fingerprint density at radius 1 is 0.862 bits per heavy atom. The smallest absolute Gasteiger partial charge is 0.197 e. The third-order valence-electron chi connectivity index (χ3n) is 5.74. The third-order valence-corrected chi connectivity index (χ3v) is 6.15. The first-order valence-corrected chi connectivity index (χ1v) is 10.6. The van der Waals surface area contributed by atoms with Gasteiger partial charge < -0.3 is 4.90 Å². The monoisotopic (exact) mass is 397 g/mol. The van der Waals surface area contributed by atoms with E-state index in [0.29, 0.717) is 0 Å².